The second-order valence-electron chi connectivity index (χ2n) is 5.60. The van der Waals surface area contributed by atoms with Crippen LogP contribution in [0.5, 0.6) is 0 Å². The molecule has 8 heteroatoms. The van der Waals surface area contributed by atoms with Gasteiger partial charge in [0.1, 0.15) is 6.04 Å². The number of halogens is 1. The summed E-state index contributed by atoms with van der Waals surface area (Å²) in [6.07, 6.45) is -0.168. The van der Waals surface area contributed by atoms with Crippen LogP contribution < -0.4 is 16.3 Å². The number of amides is 1. The standard InChI is InChI=1S/C15H20N4O3.ClH/c1-9-13(16-6-7-22-9)14(20)17-10-4-5-11-12(8-10)19(3)15(21)18(11)2;/h4-5,8-9,13,16H,6-7H2,1-3H3,(H,17,20);1H/t9-,13+;/m1./s1. The molecule has 1 aromatic carbocycles. The fourth-order valence-electron chi connectivity index (χ4n) is 2.83. The Morgan fingerprint density at radius 3 is 2.70 bits per heavy atom. The van der Waals surface area contributed by atoms with Crippen LogP contribution in [-0.2, 0) is 23.6 Å². The smallest absolute Gasteiger partial charge is 0.328 e. The summed E-state index contributed by atoms with van der Waals surface area (Å²) in [5, 5.41) is 6.04. The molecule has 1 amide bonds. The van der Waals surface area contributed by atoms with Gasteiger partial charge < -0.3 is 15.4 Å². The highest BCUT2D eigenvalue weighted by molar-refractivity contribution is 5.97. The Morgan fingerprint density at radius 2 is 2.00 bits per heavy atom. The molecule has 1 aromatic heterocycles. The van der Waals surface area contributed by atoms with Crippen LogP contribution in [0.1, 0.15) is 6.92 Å². The zero-order valence-corrected chi connectivity index (χ0v) is 14.1. The maximum atomic E-state index is 12.3. The van der Waals surface area contributed by atoms with Crippen molar-refractivity contribution in [3.05, 3.63) is 28.7 Å². The van der Waals surface area contributed by atoms with Crippen LogP contribution in [0.25, 0.3) is 11.0 Å². The number of carbonyl (C=O) groups excluding carboxylic acids is 1. The molecule has 0 bridgehead atoms. The highest BCUT2D eigenvalue weighted by Crippen LogP contribution is 2.18. The van der Waals surface area contributed by atoms with Crippen molar-refractivity contribution in [2.45, 2.75) is 19.1 Å². The van der Waals surface area contributed by atoms with E-state index in [2.05, 4.69) is 10.6 Å². The SMILES string of the molecule is C[C@H]1OCCN[C@@H]1C(=O)Nc1ccc2c(c1)n(C)c(=O)n2C.Cl. The lowest BCUT2D eigenvalue weighted by atomic mass is 10.1. The van der Waals surface area contributed by atoms with E-state index in [0.717, 1.165) is 11.0 Å². The molecule has 126 valence electrons. The van der Waals surface area contributed by atoms with E-state index in [1.54, 1.807) is 29.3 Å². The fraction of sp³-hybridized carbons (Fsp3) is 0.467. The molecule has 0 aliphatic carbocycles. The number of imidazole rings is 1. The summed E-state index contributed by atoms with van der Waals surface area (Å²) in [4.78, 5) is 24.3. The van der Waals surface area contributed by atoms with E-state index in [0.29, 0.717) is 18.8 Å². The molecule has 0 radical (unpaired) electrons. The highest BCUT2D eigenvalue weighted by atomic mass is 35.5. The summed E-state index contributed by atoms with van der Waals surface area (Å²) in [5.74, 6) is -0.132. The van der Waals surface area contributed by atoms with E-state index in [1.807, 2.05) is 19.1 Å². The van der Waals surface area contributed by atoms with Gasteiger partial charge in [-0.1, -0.05) is 0 Å². The summed E-state index contributed by atoms with van der Waals surface area (Å²) in [5.41, 5.74) is 2.19. The monoisotopic (exact) mass is 340 g/mol. The Bertz CT molecular complexity index is 783. The average molecular weight is 341 g/mol. The van der Waals surface area contributed by atoms with Crippen molar-refractivity contribution in [1.82, 2.24) is 14.5 Å². The van der Waals surface area contributed by atoms with E-state index in [4.69, 9.17) is 4.74 Å². The van der Waals surface area contributed by atoms with Gasteiger partial charge >= 0.3 is 5.69 Å². The van der Waals surface area contributed by atoms with Gasteiger partial charge in [0.25, 0.3) is 0 Å². The van der Waals surface area contributed by atoms with E-state index < -0.39 is 0 Å². The van der Waals surface area contributed by atoms with Crippen molar-refractivity contribution < 1.29 is 9.53 Å². The maximum absolute atomic E-state index is 12.3. The third-order valence-corrected chi connectivity index (χ3v) is 4.14. The predicted molar refractivity (Wildman–Crippen MR) is 91.2 cm³/mol. The first-order chi connectivity index (χ1) is 10.5. The summed E-state index contributed by atoms with van der Waals surface area (Å²) in [7, 11) is 3.45. The first-order valence-electron chi connectivity index (χ1n) is 7.30. The van der Waals surface area contributed by atoms with Crippen molar-refractivity contribution in [2.24, 2.45) is 14.1 Å². The molecule has 0 saturated carbocycles. The maximum Gasteiger partial charge on any atom is 0.328 e. The number of aryl methyl sites for hydroxylation is 2. The van der Waals surface area contributed by atoms with Gasteiger partial charge in [-0.25, -0.2) is 4.79 Å². The number of fused-ring (bicyclic) bond motifs is 1. The normalized spacial score (nSPS) is 21.0. The predicted octanol–water partition coefficient (Wildman–Crippen LogP) is 0.614. The van der Waals surface area contributed by atoms with Crippen LogP contribution in [0.15, 0.2) is 23.0 Å². The number of ether oxygens (including phenoxy) is 1. The highest BCUT2D eigenvalue weighted by Gasteiger charge is 2.28. The van der Waals surface area contributed by atoms with E-state index in [9.17, 15) is 9.59 Å². The molecule has 0 unspecified atom stereocenters. The van der Waals surface area contributed by atoms with Crippen LogP contribution in [0.3, 0.4) is 0 Å². The molecule has 2 N–H and O–H groups in total. The molecule has 2 aromatic rings. The summed E-state index contributed by atoms with van der Waals surface area (Å²) in [6, 6.07) is 5.07. The second-order valence-corrected chi connectivity index (χ2v) is 5.60. The number of hydrogen-bond donors (Lipinski definition) is 2. The first kappa shape index (κ1) is 17.5. The molecule has 1 aliphatic rings. The molecule has 1 aliphatic heterocycles. The lowest BCUT2D eigenvalue weighted by Crippen LogP contribution is -2.53. The van der Waals surface area contributed by atoms with Crippen LogP contribution in [0.4, 0.5) is 5.69 Å². The fourth-order valence-corrected chi connectivity index (χ4v) is 2.83. The van der Waals surface area contributed by atoms with Crippen LogP contribution in [0.2, 0.25) is 0 Å². The van der Waals surface area contributed by atoms with Crippen molar-refractivity contribution in [1.29, 1.82) is 0 Å². The van der Waals surface area contributed by atoms with Gasteiger partial charge in [0, 0.05) is 26.3 Å². The van der Waals surface area contributed by atoms with E-state index in [1.165, 1.54) is 0 Å². The average Bonchev–Trinajstić information content (AvgIpc) is 2.72. The number of nitrogens with zero attached hydrogens (tertiary/aromatic N) is 2. The Hall–Kier alpha value is -1.83. The zero-order chi connectivity index (χ0) is 15.9. The number of morpholine rings is 1. The lowest BCUT2D eigenvalue weighted by Gasteiger charge is -2.29. The Kier molecular flexibility index (Phi) is 5.13. The number of aromatic nitrogens is 2. The van der Waals surface area contributed by atoms with Crippen molar-refractivity contribution >= 4 is 35.0 Å². The van der Waals surface area contributed by atoms with E-state index in [-0.39, 0.29) is 36.1 Å². The van der Waals surface area contributed by atoms with Gasteiger partial charge in [-0.3, -0.25) is 13.9 Å². The Labute approximate surface area is 140 Å². The molecule has 3 rings (SSSR count). The van der Waals surface area contributed by atoms with E-state index >= 15 is 0 Å². The summed E-state index contributed by atoms with van der Waals surface area (Å²) >= 11 is 0. The number of anilines is 1. The van der Waals surface area contributed by atoms with Crippen LogP contribution in [0, 0.1) is 0 Å². The largest absolute Gasteiger partial charge is 0.375 e. The van der Waals surface area contributed by atoms with Gasteiger partial charge in [0.2, 0.25) is 5.91 Å². The summed E-state index contributed by atoms with van der Waals surface area (Å²) < 4.78 is 8.63. The van der Waals surface area contributed by atoms with Crippen molar-refractivity contribution in [3.8, 4) is 0 Å². The minimum Gasteiger partial charge on any atom is -0.375 e. The topological polar surface area (TPSA) is 77.3 Å². The molecule has 2 heterocycles. The van der Waals surface area contributed by atoms with Crippen molar-refractivity contribution in [2.75, 3.05) is 18.5 Å². The van der Waals surface area contributed by atoms with Crippen LogP contribution in [-0.4, -0.2) is 40.3 Å². The molecule has 23 heavy (non-hydrogen) atoms. The van der Waals surface area contributed by atoms with Gasteiger partial charge in [0.15, 0.2) is 0 Å². The molecule has 1 fully saturated rings. The molecule has 0 spiro atoms. The first-order valence-corrected chi connectivity index (χ1v) is 7.30. The van der Waals surface area contributed by atoms with Gasteiger partial charge in [0.05, 0.1) is 23.7 Å². The van der Waals surface area contributed by atoms with Crippen molar-refractivity contribution in [3.63, 3.8) is 0 Å². The zero-order valence-electron chi connectivity index (χ0n) is 13.3. The second kappa shape index (κ2) is 6.74. The number of benzene rings is 1. The third-order valence-electron chi connectivity index (χ3n) is 4.14. The summed E-state index contributed by atoms with van der Waals surface area (Å²) in [6.45, 7) is 3.15. The molecule has 1 saturated heterocycles. The minimum atomic E-state index is -0.371. The number of rotatable bonds is 2. The number of nitrogens with one attached hydrogen (secondary N) is 2. The quantitative estimate of drug-likeness (QED) is 0.840. The minimum absolute atomic E-state index is 0. The van der Waals surface area contributed by atoms with Gasteiger partial charge in [-0.05, 0) is 25.1 Å². The molecular weight excluding hydrogens is 320 g/mol. The molecular formula is C15H21ClN4O3. The molecule has 2 atom stereocenters. The van der Waals surface area contributed by atoms with Gasteiger partial charge in [-0.2, -0.15) is 0 Å². The lowest BCUT2D eigenvalue weighted by molar-refractivity contribution is -0.123. The van der Waals surface area contributed by atoms with Crippen LogP contribution >= 0.6 is 12.4 Å². The van der Waals surface area contributed by atoms with Gasteiger partial charge in [-0.15, -0.1) is 12.4 Å². The Balaban J connectivity index is 0.00000192. The Morgan fingerprint density at radius 1 is 1.30 bits per heavy atom. The number of carbonyl (C=O) groups is 1. The molecule has 7 nitrogen and oxygen atoms in total. The third kappa shape index (κ3) is 3.12. The number of hydrogen-bond acceptors (Lipinski definition) is 4.